The molecule has 0 aromatic heterocycles. The van der Waals surface area contributed by atoms with Gasteiger partial charge in [-0.2, -0.15) is 0 Å². The van der Waals surface area contributed by atoms with E-state index in [-0.39, 0.29) is 10.8 Å². The lowest BCUT2D eigenvalue weighted by molar-refractivity contribution is 0.0985. The van der Waals surface area contributed by atoms with Gasteiger partial charge in [0.2, 0.25) is 0 Å². The van der Waals surface area contributed by atoms with Crippen LogP contribution in [0.2, 0.25) is 5.02 Å². The van der Waals surface area contributed by atoms with Gasteiger partial charge in [0.1, 0.15) is 0 Å². The van der Waals surface area contributed by atoms with Gasteiger partial charge in [-0.3, -0.25) is 9.52 Å². The van der Waals surface area contributed by atoms with Gasteiger partial charge in [0.15, 0.2) is 0 Å². The topological polar surface area (TPSA) is 66.5 Å². The third-order valence-electron chi connectivity index (χ3n) is 5.46. The van der Waals surface area contributed by atoms with Crippen LogP contribution >= 0.6 is 11.6 Å². The Morgan fingerprint density at radius 1 is 1.06 bits per heavy atom. The minimum Gasteiger partial charge on any atom is -0.308 e. The van der Waals surface area contributed by atoms with Crippen LogP contribution in [0.3, 0.4) is 0 Å². The van der Waals surface area contributed by atoms with E-state index in [1.54, 1.807) is 53.4 Å². The van der Waals surface area contributed by atoms with E-state index in [2.05, 4.69) is 4.72 Å². The van der Waals surface area contributed by atoms with E-state index in [1.807, 2.05) is 25.1 Å². The Morgan fingerprint density at radius 3 is 2.55 bits per heavy atom. The fourth-order valence-electron chi connectivity index (χ4n) is 3.83. The molecule has 0 fully saturated rings. The zero-order valence-corrected chi connectivity index (χ0v) is 18.7. The molecule has 1 aliphatic heterocycles. The van der Waals surface area contributed by atoms with E-state index in [1.165, 1.54) is 0 Å². The highest BCUT2D eigenvalue weighted by Gasteiger charge is 2.26. The highest BCUT2D eigenvalue weighted by molar-refractivity contribution is 7.92. The van der Waals surface area contributed by atoms with Gasteiger partial charge in [-0.1, -0.05) is 36.7 Å². The van der Waals surface area contributed by atoms with Crippen LogP contribution in [0, 0.1) is 0 Å². The number of carbonyl (C=O) groups excluding carboxylic acids is 1. The minimum atomic E-state index is -3.74. The van der Waals surface area contributed by atoms with Crippen LogP contribution < -0.4 is 9.62 Å². The first kappa shape index (κ1) is 21.4. The van der Waals surface area contributed by atoms with Gasteiger partial charge in [0.25, 0.3) is 15.9 Å². The van der Waals surface area contributed by atoms with E-state index >= 15 is 0 Å². The summed E-state index contributed by atoms with van der Waals surface area (Å²) >= 11 is 5.93. The number of amides is 1. The second-order valence-corrected chi connectivity index (χ2v) is 9.59. The van der Waals surface area contributed by atoms with Crippen molar-refractivity contribution in [3.05, 3.63) is 88.4 Å². The number of anilines is 2. The maximum absolute atomic E-state index is 13.0. The number of carbonyl (C=O) groups is 1. The fraction of sp³-hybridized carbons (Fsp3) is 0.208. The van der Waals surface area contributed by atoms with E-state index in [0.29, 0.717) is 29.2 Å². The van der Waals surface area contributed by atoms with Crippen molar-refractivity contribution in [2.75, 3.05) is 16.2 Å². The molecule has 0 saturated carbocycles. The number of nitrogens with one attached hydrogen (secondary N) is 1. The summed E-state index contributed by atoms with van der Waals surface area (Å²) in [5.74, 6) is -0.122. The lowest BCUT2D eigenvalue weighted by atomic mass is 10.0. The monoisotopic (exact) mass is 454 g/mol. The first-order chi connectivity index (χ1) is 14.9. The zero-order valence-electron chi connectivity index (χ0n) is 17.1. The Kier molecular flexibility index (Phi) is 6.03. The van der Waals surface area contributed by atoms with Gasteiger partial charge < -0.3 is 4.90 Å². The van der Waals surface area contributed by atoms with Gasteiger partial charge in [0.05, 0.1) is 10.6 Å². The van der Waals surface area contributed by atoms with E-state index in [9.17, 15) is 13.2 Å². The van der Waals surface area contributed by atoms with E-state index < -0.39 is 10.0 Å². The van der Waals surface area contributed by atoms with Crippen LogP contribution in [0.25, 0.3) is 0 Å². The molecule has 1 amide bonds. The van der Waals surface area contributed by atoms with Gasteiger partial charge in [-0.15, -0.1) is 0 Å². The maximum Gasteiger partial charge on any atom is 0.261 e. The number of para-hydroxylation sites is 1. The van der Waals surface area contributed by atoms with Crippen LogP contribution in [-0.4, -0.2) is 20.9 Å². The molecule has 0 saturated heterocycles. The summed E-state index contributed by atoms with van der Waals surface area (Å²) < 4.78 is 28.7. The van der Waals surface area contributed by atoms with Crippen molar-refractivity contribution in [2.24, 2.45) is 0 Å². The number of hydrogen-bond acceptors (Lipinski definition) is 3. The van der Waals surface area contributed by atoms with Crippen LogP contribution in [-0.2, 0) is 22.9 Å². The first-order valence-electron chi connectivity index (χ1n) is 10.2. The second-order valence-electron chi connectivity index (χ2n) is 7.47. The standard InChI is InChI=1S/C24H23ClN2O3S/c1-2-17-6-3-4-8-22(17)26-31(29,30)21-13-14-23-19(16-21)7-5-15-27(23)24(28)18-9-11-20(25)12-10-18/h3-4,6,8-14,16,26H,2,5,7,15H2,1H3. The van der Waals surface area contributed by atoms with Gasteiger partial charge in [-0.25, -0.2) is 8.42 Å². The second kappa shape index (κ2) is 8.73. The van der Waals surface area contributed by atoms with Crippen molar-refractivity contribution in [3.63, 3.8) is 0 Å². The molecular formula is C24H23ClN2O3S. The number of hydrogen-bond donors (Lipinski definition) is 1. The van der Waals surface area contributed by atoms with Crippen molar-refractivity contribution in [1.82, 2.24) is 0 Å². The molecule has 0 aliphatic carbocycles. The summed E-state index contributed by atoms with van der Waals surface area (Å²) in [7, 11) is -3.74. The van der Waals surface area contributed by atoms with Crippen molar-refractivity contribution in [3.8, 4) is 0 Å². The van der Waals surface area contributed by atoms with Crippen LogP contribution in [0.5, 0.6) is 0 Å². The smallest absolute Gasteiger partial charge is 0.261 e. The third kappa shape index (κ3) is 4.45. The molecule has 1 heterocycles. The van der Waals surface area contributed by atoms with Crippen molar-refractivity contribution >= 4 is 38.9 Å². The Morgan fingerprint density at radius 2 is 1.81 bits per heavy atom. The molecule has 3 aromatic rings. The number of aryl methyl sites for hydroxylation is 2. The molecule has 1 N–H and O–H groups in total. The van der Waals surface area contributed by atoms with Gasteiger partial charge in [0, 0.05) is 22.8 Å². The highest BCUT2D eigenvalue weighted by Crippen LogP contribution is 2.31. The number of benzene rings is 3. The Bertz CT molecular complexity index is 1220. The molecule has 5 nitrogen and oxygen atoms in total. The molecule has 1 aliphatic rings. The number of nitrogens with zero attached hydrogens (tertiary/aromatic N) is 1. The molecule has 160 valence electrons. The van der Waals surface area contributed by atoms with E-state index in [0.717, 1.165) is 29.7 Å². The lowest BCUT2D eigenvalue weighted by Crippen LogP contribution is -2.35. The summed E-state index contributed by atoms with van der Waals surface area (Å²) in [4.78, 5) is 14.9. The van der Waals surface area contributed by atoms with Crippen molar-refractivity contribution in [2.45, 2.75) is 31.1 Å². The molecule has 7 heteroatoms. The summed E-state index contributed by atoms with van der Waals surface area (Å²) in [5, 5.41) is 0.572. The first-order valence-corrected chi connectivity index (χ1v) is 12.1. The molecule has 0 bridgehead atoms. The summed E-state index contributed by atoms with van der Waals surface area (Å²) in [6, 6.07) is 19.1. The van der Waals surface area contributed by atoms with Crippen molar-refractivity contribution < 1.29 is 13.2 Å². The summed E-state index contributed by atoms with van der Waals surface area (Å²) in [6.07, 6.45) is 2.21. The predicted molar refractivity (Wildman–Crippen MR) is 125 cm³/mol. The molecule has 0 atom stereocenters. The number of sulfonamides is 1. The Hall–Kier alpha value is -2.83. The Balaban J connectivity index is 1.63. The molecule has 3 aromatic carbocycles. The predicted octanol–water partition coefficient (Wildman–Crippen LogP) is 5.30. The lowest BCUT2D eigenvalue weighted by Gasteiger charge is -2.30. The molecule has 31 heavy (non-hydrogen) atoms. The molecule has 0 spiro atoms. The average molecular weight is 455 g/mol. The van der Waals surface area contributed by atoms with Crippen molar-refractivity contribution in [1.29, 1.82) is 0 Å². The number of rotatable bonds is 5. The quantitative estimate of drug-likeness (QED) is 0.569. The van der Waals surface area contributed by atoms with Crippen LogP contribution in [0.1, 0.15) is 34.8 Å². The number of halogens is 1. The summed E-state index contributed by atoms with van der Waals surface area (Å²) in [5.41, 5.74) is 3.66. The maximum atomic E-state index is 13.0. The fourth-order valence-corrected chi connectivity index (χ4v) is 5.11. The summed E-state index contributed by atoms with van der Waals surface area (Å²) in [6.45, 7) is 2.57. The van der Waals surface area contributed by atoms with Crippen LogP contribution in [0.15, 0.2) is 71.6 Å². The molecular weight excluding hydrogens is 432 g/mol. The Labute approximate surface area is 187 Å². The van der Waals surface area contributed by atoms with Gasteiger partial charge >= 0.3 is 0 Å². The molecule has 4 rings (SSSR count). The van der Waals surface area contributed by atoms with Crippen LogP contribution in [0.4, 0.5) is 11.4 Å². The highest BCUT2D eigenvalue weighted by atomic mass is 35.5. The zero-order chi connectivity index (χ0) is 22.0. The normalized spacial score (nSPS) is 13.5. The SMILES string of the molecule is CCc1ccccc1NS(=O)(=O)c1ccc2c(c1)CCCN2C(=O)c1ccc(Cl)cc1. The van der Waals surface area contributed by atoms with E-state index in [4.69, 9.17) is 11.6 Å². The third-order valence-corrected chi connectivity index (χ3v) is 7.07. The number of fused-ring (bicyclic) bond motifs is 1. The van der Waals surface area contributed by atoms with Gasteiger partial charge in [-0.05, 0) is 78.9 Å². The molecule has 0 unspecified atom stereocenters. The largest absolute Gasteiger partial charge is 0.308 e. The molecule has 0 radical (unpaired) electrons. The average Bonchev–Trinajstić information content (AvgIpc) is 2.78. The minimum absolute atomic E-state index is 0.122.